The van der Waals surface area contributed by atoms with Crippen molar-refractivity contribution in [3.63, 3.8) is 0 Å². The van der Waals surface area contributed by atoms with E-state index >= 15 is 0 Å². The van der Waals surface area contributed by atoms with Gasteiger partial charge in [-0.15, -0.1) is 0 Å². The molecule has 2 atom stereocenters. The summed E-state index contributed by atoms with van der Waals surface area (Å²) < 4.78 is 59.5. The van der Waals surface area contributed by atoms with E-state index in [4.69, 9.17) is 0 Å². The second kappa shape index (κ2) is 5.59. The van der Waals surface area contributed by atoms with E-state index in [1.54, 1.807) is 0 Å². The van der Waals surface area contributed by atoms with Crippen LogP contribution in [0.3, 0.4) is 0 Å². The first-order chi connectivity index (χ1) is 8.09. The van der Waals surface area contributed by atoms with Gasteiger partial charge in [-0.2, -0.15) is 13.2 Å². The molecule has 0 amide bonds. The number of carbonyl (C=O) groups is 1. The zero-order valence-electron chi connectivity index (χ0n) is 10.2. The van der Waals surface area contributed by atoms with E-state index in [2.05, 4.69) is 0 Å². The fourth-order valence-electron chi connectivity index (χ4n) is 2.27. The fourth-order valence-corrected chi connectivity index (χ4v) is 2.84. The Bertz CT molecular complexity index is 400. The highest BCUT2D eigenvalue weighted by Crippen LogP contribution is 2.40. The van der Waals surface area contributed by atoms with Crippen LogP contribution in [0.15, 0.2) is 0 Å². The summed E-state index contributed by atoms with van der Waals surface area (Å²) in [5.41, 5.74) is 0. The van der Waals surface area contributed by atoms with Gasteiger partial charge in [0.25, 0.3) is 0 Å². The molecule has 7 heteroatoms. The molecule has 0 N–H and O–H groups in total. The molecule has 0 aromatic carbocycles. The molecular formula is C11H17F3O3S. The number of sulfone groups is 1. The largest absolute Gasteiger partial charge is 0.391 e. The van der Waals surface area contributed by atoms with Gasteiger partial charge < -0.3 is 0 Å². The number of Topliss-reactive ketones (excluding diaryl/α,β-unsaturated/α-hetero) is 1. The van der Waals surface area contributed by atoms with Crippen molar-refractivity contribution >= 4 is 15.6 Å². The topological polar surface area (TPSA) is 51.2 Å². The number of ketones is 1. The second-order valence-corrected chi connectivity index (χ2v) is 7.21. The van der Waals surface area contributed by atoms with Crippen molar-refractivity contribution in [2.75, 3.05) is 12.0 Å². The summed E-state index contributed by atoms with van der Waals surface area (Å²) in [7, 11) is -3.24. The number of hydrogen-bond donors (Lipinski definition) is 0. The molecule has 0 bridgehead atoms. The molecule has 0 spiro atoms. The van der Waals surface area contributed by atoms with Crippen LogP contribution >= 0.6 is 0 Å². The minimum absolute atomic E-state index is 0.0688. The van der Waals surface area contributed by atoms with Crippen molar-refractivity contribution in [1.29, 1.82) is 0 Å². The van der Waals surface area contributed by atoms with Crippen molar-refractivity contribution in [3.05, 3.63) is 0 Å². The molecule has 2 unspecified atom stereocenters. The van der Waals surface area contributed by atoms with Crippen LogP contribution in [0, 0.1) is 11.8 Å². The van der Waals surface area contributed by atoms with Crippen LogP contribution in [-0.2, 0) is 14.6 Å². The van der Waals surface area contributed by atoms with Crippen LogP contribution in [0.4, 0.5) is 13.2 Å². The van der Waals surface area contributed by atoms with Gasteiger partial charge in [-0.1, -0.05) is 6.42 Å². The first kappa shape index (κ1) is 15.5. The maximum atomic E-state index is 12.5. The van der Waals surface area contributed by atoms with Crippen molar-refractivity contribution in [2.45, 2.75) is 38.3 Å². The molecule has 1 fully saturated rings. The predicted octanol–water partition coefficient (Wildman–Crippen LogP) is 2.36. The molecule has 1 aliphatic carbocycles. The molecule has 1 aliphatic rings. The maximum absolute atomic E-state index is 12.5. The van der Waals surface area contributed by atoms with Crippen molar-refractivity contribution in [2.24, 2.45) is 11.8 Å². The third-order valence-corrected chi connectivity index (χ3v) is 4.26. The van der Waals surface area contributed by atoms with Gasteiger partial charge in [-0.25, -0.2) is 8.42 Å². The van der Waals surface area contributed by atoms with Crippen LogP contribution < -0.4 is 0 Å². The van der Waals surface area contributed by atoms with E-state index in [0.29, 0.717) is 12.8 Å². The lowest BCUT2D eigenvalue weighted by Gasteiger charge is -2.29. The van der Waals surface area contributed by atoms with Crippen LogP contribution in [0.1, 0.15) is 32.1 Å². The summed E-state index contributed by atoms with van der Waals surface area (Å²) in [6.07, 6.45) is -2.72. The molecule has 0 aromatic rings. The second-order valence-electron chi connectivity index (χ2n) is 4.95. The van der Waals surface area contributed by atoms with Gasteiger partial charge in [0.15, 0.2) is 0 Å². The minimum Gasteiger partial charge on any atom is -0.299 e. The predicted molar refractivity (Wildman–Crippen MR) is 60.8 cm³/mol. The molecular weight excluding hydrogens is 269 g/mol. The molecule has 0 heterocycles. The molecule has 18 heavy (non-hydrogen) atoms. The number of alkyl halides is 3. The van der Waals surface area contributed by atoms with Gasteiger partial charge in [-0.3, -0.25) is 4.79 Å². The Morgan fingerprint density at radius 3 is 2.39 bits per heavy atom. The van der Waals surface area contributed by atoms with E-state index in [0.717, 1.165) is 6.26 Å². The highest BCUT2D eigenvalue weighted by molar-refractivity contribution is 7.90. The lowest BCUT2D eigenvalue weighted by Crippen LogP contribution is -2.32. The summed E-state index contributed by atoms with van der Waals surface area (Å²) in [6.45, 7) is 0. The molecule has 0 aliphatic heterocycles. The Morgan fingerprint density at radius 1 is 1.28 bits per heavy atom. The number of halogens is 3. The smallest absolute Gasteiger partial charge is 0.299 e. The standard InChI is InChI=1S/C11H17F3O3S/c1-18(16,17)6-5-10(15)8-3-2-4-9(7-8)11(12,13)14/h8-9H,2-7H2,1H3. The molecule has 0 radical (unpaired) electrons. The molecule has 1 saturated carbocycles. The Hall–Kier alpha value is -0.590. The Balaban J connectivity index is 2.54. The molecule has 0 aromatic heterocycles. The van der Waals surface area contributed by atoms with Gasteiger partial charge in [0.05, 0.1) is 11.7 Å². The van der Waals surface area contributed by atoms with Crippen LogP contribution in [-0.4, -0.2) is 32.4 Å². The van der Waals surface area contributed by atoms with Crippen LogP contribution in [0.2, 0.25) is 0 Å². The first-order valence-electron chi connectivity index (χ1n) is 5.87. The maximum Gasteiger partial charge on any atom is 0.391 e. The molecule has 3 nitrogen and oxygen atoms in total. The third-order valence-electron chi connectivity index (χ3n) is 3.31. The van der Waals surface area contributed by atoms with Crippen molar-refractivity contribution in [3.8, 4) is 0 Å². The van der Waals surface area contributed by atoms with Gasteiger partial charge in [-0.05, 0) is 19.3 Å². The summed E-state index contributed by atoms with van der Waals surface area (Å²) in [4.78, 5) is 11.7. The Labute approximate surface area is 105 Å². The summed E-state index contributed by atoms with van der Waals surface area (Å²) in [5, 5.41) is 0. The van der Waals surface area contributed by atoms with Crippen LogP contribution in [0.5, 0.6) is 0 Å². The summed E-state index contributed by atoms with van der Waals surface area (Å²) in [6, 6.07) is 0. The Kier molecular flexibility index (Phi) is 4.80. The lowest BCUT2D eigenvalue weighted by molar-refractivity contribution is -0.186. The highest BCUT2D eigenvalue weighted by Gasteiger charge is 2.43. The van der Waals surface area contributed by atoms with Gasteiger partial charge in [0, 0.05) is 18.6 Å². The highest BCUT2D eigenvalue weighted by atomic mass is 32.2. The number of carbonyl (C=O) groups excluding carboxylic acids is 1. The van der Waals surface area contributed by atoms with Crippen molar-refractivity contribution in [1.82, 2.24) is 0 Å². The first-order valence-corrected chi connectivity index (χ1v) is 7.93. The average Bonchev–Trinajstić information content (AvgIpc) is 2.24. The van der Waals surface area contributed by atoms with E-state index < -0.39 is 27.8 Å². The fraction of sp³-hybridized carbons (Fsp3) is 0.909. The molecule has 106 valence electrons. The quantitative estimate of drug-likeness (QED) is 0.797. The molecule has 0 saturated heterocycles. The number of hydrogen-bond acceptors (Lipinski definition) is 3. The van der Waals surface area contributed by atoms with Gasteiger partial charge in [0.1, 0.15) is 15.6 Å². The van der Waals surface area contributed by atoms with E-state index in [-0.39, 0.29) is 30.8 Å². The van der Waals surface area contributed by atoms with Gasteiger partial charge in [0.2, 0.25) is 0 Å². The zero-order valence-corrected chi connectivity index (χ0v) is 11.0. The van der Waals surface area contributed by atoms with E-state index in [9.17, 15) is 26.4 Å². The average molecular weight is 286 g/mol. The monoisotopic (exact) mass is 286 g/mol. The zero-order chi connectivity index (χ0) is 14.0. The van der Waals surface area contributed by atoms with Crippen molar-refractivity contribution < 1.29 is 26.4 Å². The normalized spacial score (nSPS) is 26.0. The molecule has 1 rings (SSSR count). The minimum atomic E-state index is -4.25. The summed E-state index contributed by atoms with van der Waals surface area (Å²) in [5.74, 6) is -2.68. The van der Waals surface area contributed by atoms with Gasteiger partial charge >= 0.3 is 6.18 Å². The van der Waals surface area contributed by atoms with E-state index in [1.165, 1.54) is 0 Å². The Morgan fingerprint density at radius 2 is 1.89 bits per heavy atom. The lowest BCUT2D eigenvalue weighted by atomic mass is 9.78. The third kappa shape index (κ3) is 4.96. The van der Waals surface area contributed by atoms with E-state index in [1.807, 2.05) is 0 Å². The van der Waals surface area contributed by atoms with Crippen LogP contribution in [0.25, 0.3) is 0 Å². The SMILES string of the molecule is CS(=O)(=O)CCC(=O)C1CCCC(C(F)(F)F)C1. The summed E-state index contributed by atoms with van der Waals surface area (Å²) >= 11 is 0. The number of rotatable bonds is 4.